The number of hydrogen-bond donors (Lipinski definition) is 4. The molecule has 336 valence electrons. The molecule has 0 aliphatic heterocycles. The van der Waals surface area contributed by atoms with E-state index in [9.17, 15) is 45.1 Å². The Morgan fingerprint density at radius 1 is 0.556 bits per heavy atom. The number of nitrogens with two attached hydrogens (primary N) is 2. The fraction of sp³-hybridized carbons (Fsp3) is 0.300. The van der Waals surface area contributed by atoms with E-state index in [4.69, 9.17) is 30.4 Å². The van der Waals surface area contributed by atoms with Crippen molar-refractivity contribution >= 4 is 93.0 Å². The predicted octanol–water partition coefficient (Wildman–Crippen LogP) is 0.561. The van der Waals surface area contributed by atoms with Gasteiger partial charge in [0.05, 0.1) is 41.5 Å². The maximum Gasteiger partial charge on any atom is 2.00 e. The van der Waals surface area contributed by atoms with Crippen LogP contribution >= 0.6 is 0 Å². The Bertz CT molecular complexity index is 2260. The van der Waals surface area contributed by atoms with Crippen LogP contribution in [0.2, 0.25) is 0 Å². The van der Waals surface area contributed by atoms with Crippen molar-refractivity contribution in [2.45, 2.75) is 12.8 Å². The molecule has 0 aliphatic rings. The fourth-order valence-electron chi connectivity index (χ4n) is 5.74. The average molecular weight is 941 g/mol. The minimum atomic E-state index is -4.67. The van der Waals surface area contributed by atoms with E-state index < -0.39 is 68.7 Å². The van der Waals surface area contributed by atoms with Crippen LogP contribution in [0.5, 0.6) is 23.0 Å². The van der Waals surface area contributed by atoms with Crippen LogP contribution in [0.25, 0.3) is 0 Å². The molecule has 0 fully saturated rings. The van der Waals surface area contributed by atoms with Crippen LogP contribution in [-0.4, -0.2) is 154 Å². The van der Waals surface area contributed by atoms with Crippen molar-refractivity contribution in [3.8, 4) is 23.0 Å². The third kappa shape index (κ3) is 18.9. The van der Waals surface area contributed by atoms with Crippen LogP contribution in [0.1, 0.15) is 31.8 Å². The Kier molecular flexibility index (Phi) is 21.9. The zero-order valence-electron chi connectivity index (χ0n) is 35.0. The largest absolute Gasteiger partial charge is 2.00 e. The fourth-order valence-corrected chi connectivity index (χ4v) is 6.98. The summed E-state index contributed by atoms with van der Waals surface area (Å²) in [6, 6.07) is 22.2. The van der Waals surface area contributed by atoms with Gasteiger partial charge in [-0.3, -0.25) is 19.2 Å². The van der Waals surface area contributed by atoms with Crippen LogP contribution in [0.15, 0.2) is 84.9 Å². The summed E-state index contributed by atoms with van der Waals surface area (Å²) in [5.74, 6) is -1.98. The minimum Gasteiger partial charge on any atom is -0.747 e. The van der Waals surface area contributed by atoms with Gasteiger partial charge in [0, 0.05) is 35.6 Å². The average Bonchev–Trinajstić information content (AvgIpc) is 3.22. The topological polar surface area (TPSA) is 302 Å². The number of carbonyl (C=O) groups is 4. The first-order valence-corrected chi connectivity index (χ1v) is 21.5. The van der Waals surface area contributed by atoms with Gasteiger partial charge in [-0.25, -0.2) is 16.8 Å². The van der Waals surface area contributed by atoms with E-state index in [0.29, 0.717) is 35.8 Å². The summed E-state index contributed by atoms with van der Waals surface area (Å²) >= 11 is 0. The quantitative estimate of drug-likeness (QED) is 0.0618. The maximum absolute atomic E-state index is 12.4. The minimum absolute atomic E-state index is 0. The molecule has 0 aliphatic carbocycles. The third-order valence-electron chi connectivity index (χ3n) is 8.66. The molecule has 0 bridgehead atoms. The molecule has 0 saturated heterocycles. The number of amides is 4. The molecule has 0 atom stereocenters. The molecule has 0 unspecified atom stereocenters. The number of nitrogens with one attached hydrogen (secondary N) is 2. The van der Waals surface area contributed by atoms with E-state index in [2.05, 4.69) is 10.6 Å². The third-order valence-corrected chi connectivity index (χ3v) is 9.91. The van der Waals surface area contributed by atoms with Gasteiger partial charge >= 0.3 is 37.7 Å². The smallest absolute Gasteiger partial charge is 0.747 e. The normalized spacial score (nSPS) is 10.8. The molecule has 0 heterocycles. The molecule has 6 N–H and O–H groups in total. The van der Waals surface area contributed by atoms with Crippen molar-refractivity contribution < 1.29 is 64.1 Å². The molecule has 4 rings (SSSR count). The first-order chi connectivity index (χ1) is 29.2. The van der Waals surface area contributed by atoms with Gasteiger partial charge in [0.25, 0.3) is 0 Å². The summed E-state index contributed by atoms with van der Waals surface area (Å²) in [5.41, 5.74) is 12.9. The summed E-state index contributed by atoms with van der Waals surface area (Å²) in [4.78, 5) is 49.6. The molecule has 20 nitrogen and oxygen atoms in total. The number of carbonyl (C=O) groups excluding carboxylic acids is 4. The van der Waals surface area contributed by atoms with E-state index in [1.54, 1.807) is 24.3 Å². The van der Waals surface area contributed by atoms with Crippen molar-refractivity contribution in [3.05, 3.63) is 107 Å². The van der Waals surface area contributed by atoms with Crippen LogP contribution in [-0.2, 0) is 42.7 Å². The maximum atomic E-state index is 12.4. The summed E-state index contributed by atoms with van der Waals surface area (Å²) in [6.45, 7) is -0.244. The van der Waals surface area contributed by atoms with Crippen molar-refractivity contribution in [1.82, 2.24) is 10.6 Å². The van der Waals surface area contributed by atoms with Gasteiger partial charge in [-0.1, -0.05) is 24.3 Å². The Balaban J connectivity index is 0.000000427. The number of anilines is 2. The second-order valence-electron chi connectivity index (χ2n) is 13.2. The molecule has 0 radical (unpaired) electrons. The SMILES string of the molecule is COc1ccc(CCNC(=O)CN(CS(=O)(=O)[O-])c2cccc(C(N)=O)c2)cc1OC.COc1ccc(CCNC(=O)CN(CS(=O)(=O)[O-])c2cccc(C(N)=O)c2)cc1OC.[Ca+2]. The molecular formula is C40H48CaN6O14S2. The second kappa shape index (κ2) is 25.7. The Morgan fingerprint density at radius 3 is 1.21 bits per heavy atom. The van der Waals surface area contributed by atoms with Crippen LogP contribution in [0.4, 0.5) is 11.4 Å². The van der Waals surface area contributed by atoms with E-state index >= 15 is 0 Å². The van der Waals surface area contributed by atoms with Crippen LogP contribution in [0, 0.1) is 0 Å². The van der Waals surface area contributed by atoms with E-state index in [1.165, 1.54) is 77.0 Å². The number of nitrogens with zero attached hydrogens (tertiary/aromatic N) is 2. The number of benzene rings is 4. The van der Waals surface area contributed by atoms with Crippen molar-refractivity contribution in [2.75, 3.05) is 76.2 Å². The monoisotopic (exact) mass is 940 g/mol. The number of rotatable bonds is 22. The van der Waals surface area contributed by atoms with Crippen molar-refractivity contribution in [2.24, 2.45) is 11.5 Å². The molecule has 4 aromatic rings. The zero-order chi connectivity index (χ0) is 46.0. The first-order valence-electron chi connectivity index (χ1n) is 18.4. The number of ether oxygens (including phenoxy) is 4. The Labute approximate surface area is 395 Å². The molecule has 4 aromatic carbocycles. The molecule has 0 aromatic heterocycles. The van der Waals surface area contributed by atoms with Gasteiger partial charge in [-0.15, -0.1) is 0 Å². The van der Waals surface area contributed by atoms with Gasteiger partial charge in [0.1, 0.15) is 32.0 Å². The van der Waals surface area contributed by atoms with Gasteiger partial charge in [-0.05, 0) is 84.6 Å². The number of methoxy groups -OCH3 is 4. The predicted molar refractivity (Wildman–Crippen MR) is 232 cm³/mol. The zero-order valence-corrected chi connectivity index (χ0v) is 38.9. The molecule has 63 heavy (non-hydrogen) atoms. The standard InChI is InChI=1S/2C20H25N3O7S.Ca/c2*1-29-17-7-6-14(10-18(17)30-2)8-9-22-19(24)12-23(13-31(26,27)28)16-5-3-4-15(11-16)20(21)25;/h2*3-7,10-11H,8-9,12-13H2,1-2H3,(H2,21,25)(H,22,24)(H,26,27,28);/q;;+2/p-2. The Morgan fingerprint density at radius 2 is 0.905 bits per heavy atom. The molecule has 4 amide bonds. The van der Waals surface area contributed by atoms with E-state index in [-0.39, 0.29) is 73.3 Å². The summed E-state index contributed by atoms with van der Waals surface area (Å²) < 4.78 is 88.5. The van der Waals surface area contributed by atoms with Gasteiger partial charge < -0.3 is 60.0 Å². The number of hydrogen-bond acceptors (Lipinski definition) is 16. The summed E-state index contributed by atoms with van der Waals surface area (Å²) in [6.07, 6.45) is 0.978. The number of primary amides is 2. The molecular weight excluding hydrogens is 893 g/mol. The summed E-state index contributed by atoms with van der Waals surface area (Å²) in [5, 5.41) is 5.36. The van der Waals surface area contributed by atoms with E-state index in [1.807, 2.05) is 12.1 Å². The van der Waals surface area contributed by atoms with Gasteiger partial charge in [-0.2, -0.15) is 0 Å². The molecule has 0 spiro atoms. The second-order valence-corrected chi connectivity index (χ2v) is 15.9. The first kappa shape index (κ1) is 53.8. The Hall–Kier alpha value is -5.36. The van der Waals surface area contributed by atoms with Crippen LogP contribution < -0.4 is 50.8 Å². The summed E-state index contributed by atoms with van der Waals surface area (Å²) in [7, 11) is -3.24. The van der Waals surface area contributed by atoms with E-state index in [0.717, 1.165) is 20.9 Å². The van der Waals surface area contributed by atoms with Gasteiger partial charge in [0.2, 0.25) is 23.6 Å². The van der Waals surface area contributed by atoms with Gasteiger partial charge in [0.15, 0.2) is 23.0 Å². The van der Waals surface area contributed by atoms with Crippen LogP contribution in [0.3, 0.4) is 0 Å². The van der Waals surface area contributed by atoms with Crippen molar-refractivity contribution in [1.29, 1.82) is 0 Å². The van der Waals surface area contributed by atoms with Crippen molar-refractivity contribution in [3.63, 3.8) is 0 Å². The molecule has 23 heteroatoms. The molecule has 0 saturated carbocycles.